The largest absolute Gasteiger partial charge is 0.229 e. The molecule has 0 aromatic rings. The fourth-order valence-electron chi connectivity index (χ4n) is 3.02. The summed E-state index contributed by atoms with van der Waals surface area (Å²) in [7, 11) is 0. The van der Waals surface area contributed by atoms with Crippen molar-refractivity contribution in [1.29, 1.82) is 0 Å². The molecule has 1 unspecified atom stereocenters. The van der Waals surface area contributed by atoms with E-state index in [0.717, 1.165) is 32.1 Å². The van der Waals surface area contributed by atoms with E-state index in [-0.39, 0.29) is 0 Å². The molecule has 0 saturated carbocycles. The number of hydrogen-bond acceptors (Lipinski definition) is 0. The summed E-state index contributed by atoms with van der Waals surface area (Å²) in [6.07, 6.45) is 13.0. The fraction of sp³-hybridized carbons (Fsp3) is 1.00. The van der Waals surface area contributed by atoms with Crippen molar-refractivity contribution in [3.8, 4) is 0 Å². The molecule has 0 rings (SSSR count). The van der Waals surface area contributed by atoms with E-state index in [4.69, 9.17) is 0 Å². The number of unbranched alkanes of at least 4 members (excludes halogenated alkanes) is 5. The molecule has 0 N–H and O–H groups in total. The lowest BCUT2D eigenvalue weighted by Crippen LogP contribution is -2.35. The highest BCUT2D eigenvalue weighted by molar-refractivity contribution is 4.83. The molecule has 0 aromatic carbocycles. The van der Waals surface area contributed by atoms with Crippen molar-refractivity contribution < 1.29 is 5.11 Å². The first-order valence-electron chi connectivity index (χ1n) is 8.34. The second kappa shape index (κ2) is 10.8. The van der Waals surface area contributed by atoms with Gasteiger partial charge in [-0.1, -0.05) is 72.6 Å². The molecule has 1 nitrogen and oxygen atoms in total. The van der Waals surface area contributed by atoms with Crippen molar-refractivity contribution >= 4 is 0 Å². The molecule has 0 amide bonds. The van der Waals surface area contributed by atoms with Crippen molar-refractivity contribution in [1.82, 2.24) is 0 Å². The first-order chi connectivity index (χ1) is 8.64. The van der Waals surface area contributed by atoms with Crippen molar-refractivity contribution in [3.63, 3.8) is 0 Å². The molecule has 0 aliphatic heterocycles. The Kier molecular flexibility index (Phi) is 10.8. The Morgan fingerprint density at radius 3 is 1.78 bits per heavy atom. The summed E-state index contributed by atoms with van der Waals surface area (Å²) >= 11 is 0. The molecule has 0 saturated heterocycles. The maximum Gasteiger partial charge on any atom is 0.106 e. The average Bonchev–Trinajstić information content (AvgIpc) is 2.40. The summed E-state index contributed by atoms with van der Waals surface area (Å²) in [5, 5.41) is 12.7. The van der Waals surface area contributed by atoms with Gasteiger partial charge in [0, 0.05) is 0 Å². The molecule has 1 radical (unpaired) electrons. The van der Waals surface area contributed by atoms with Crippen LogP contribution in [-0.2, 0) is 5.11 Å². The maximum atomic E-state index is 12.7. The van der Waals surface area contributed by atoms with Crippen molar-refractivity contribution in [2.75, 3.05) is 0 Å². The van der Waals surface area contributed by atoms with Gasteiger partial charge in [-0.25, -0.2) is 5.11 Å². The molecule has 0 aromatic heterocycles. The Balaban J connectivity index is 3.96. The van der Waals surface area contributed by atoms with Crippen LogP contribution in [0.5, 0.6) is 0 Å². The molecular formula is C17H35O. The van der Waals surface area contributed by atoms with E-state index in [9.17, 15) is 5.11 Å². The van der Waals surface area contributed by atoms with Gasteiger partial charge in [-0.15, -0.1) is 0 Å². The minimum Gasteiger partial charge on any atom is -0.229 e. The van der Waals surface area contributed by atoms with Crippen LogP contribution >= 0.6 is 0 Å². The van der Waals surface area contributed by atoms with Gasteiger partial charge in [-0.3, -0.25) is 0 Å². The van der Waals surface area contributed by atoms with Gasteiger partial charge < -0.3 is 0 Å². The minimum absolute atomic E-state index is 0.406. The van der Waals surface area contributed by atoms with Gasteiger partial charge in [0.25, 0.3) is 0 Å². The van der Waals surface area contributed by atoms with Crippen LogP contribution in [0.1, 0.15) is 98.3 Å². The first kappa shape index (κ1) is 18.0. The Bertz CT molecular complexity index is 172. The third kappa shape index (κ3) is 6.78. The Labute approximate surface area is 115 Å². The zero-order chi connectivity index (χ0) is 13.9. The standard InChI is InChI=1S/C17H35O/c1-5-9-10-11-12-13-15-16(14-6-2)17(18,7-3)8-4/h16H,5-15H2,1-4H3. The Morgan fingerprint density at radius 1 is 0.722 bits per heavy atom. The molecular weight excluding hydrogens is 220 g/mol. The maximum absolute atomic E-state index is 12.7. The highest BCUT2D eigenvalue weighted by Crippen LogP contribution is 2.33. The van der Waals surface area contributed by atoms with Gasteiger partial charge in [0.15, 0.2) is 0 Å². The van der Waals surface area contributed by atoms with Crippen LogP contribution in [0, 0.1) is 5.92 Å². The summed E-state index contributed by atoms with van der Waals surface area (Å²) < 4.78 is 0. The second-order valence-corrected chi connectivity index (χ2v) is 5.81. The van der Waals surface area contributed by atoms with E-state index in [1.54, 1.807) is 0 Å². The van der Waals surface area contributed by atoms with Crippen LogP contribution in [0.25, 0.3) is 0 Å². The SMILES string of the molecule is CCCCCCCCC(CCC)C([O])(CC)CC. The van der Waals surface area contributed by atoms with E-state index in [1.807, 2.05) is 0 Å². The van der Waals surface area contributed by atoms with Crippen molar-refractivity contribution in [2.24, 2.45) is 5.92 Å². The zero-order valence-electron chi connectivity index (χ0n) is 13.3. The summed E-state index contributed by atoms with van der Waals surface area (Å²) in [5.74, 6) is 0.406. The smallest absolute Gasteiger partial charge is 0.106 e. The lowest BCUT2D eigenvalue weighted by Gasteiger charge is -2.32. The summed E-state index contributed by atoms with van der Waals surface area (Å²) in [6, 6.07) is 0. The van der Waals surface area contributed by atoms with Gasteiger partial charge >= 0.3 is 0 Å². The summed E-state index contributed by atoms with van der Waals surface area (Å²) in [6.45, 7) is 8.60. The second-order valence-electron chi connectivity index (χ2n) is 5.81. The van der Waals surface area contributed by atoms with Crippen LogP contribution in [-0.4, -0.2) is 5.60 Å². The molecule has 0 spiro atoms. The molecule has 0 aliphatic carbocycles. The van der Waals surface area contributed by atoms with Crippen LogP contribution in [0.2, 0.25) is 0 Å². The predicted molar refractivity (Wildman–Crippen MR) is 80.4 cm³/mol. The van der Waals surface area contributed by atoms with Gasteiger partial charge in [0.05, 0.1) is 0 Å². The van der Waals surface area contributed by atoms with Gasteiger partial charge in [0.1, 0.15) is 5.60 Å². The normalized spacial score (nSPS) is 13.8. The predicted octanol–water partition coefficient (Wildman–Crippen LogP) is 6.14. The topological polar surface area (TPSA) is 19.9 Å². The van der Waals surface area contributed by atoms with Gasteiger partial charge in [-0.2, -0.15) is 0 Å². The first-order valence-corrected chi connectivity index (χ1v) is 8.34. The lowest BCUT2D eigenvalue weighted by atomic mass is 9.77. The molecule has 0 bridgehead atoms. The molecule has 0 fully saturated rings. The molecule has 18 heavy (non-hydrogen) atoms. The van der Waals surface area contributed by atoms with E-state index < -0.39 is 5.60 Å². The molecule has 1 heteroatoms. The molecule has 109 valence electrons. The van der Waals surface area contributed by atoms with Crippen LogP contribution in [0.15, 0.2) is 0 Å². The number of rotatable bonds is 12. The number of hydrogen-bond donors (Lipinski definition) is 0. The third-order valence-electron chi connectivity index (χ3n) is 4.48. The highest BCUT2D eigenvalue weighted by Gasteiger charge is 2.33. The van der Waals surface area contributed by atoms with Crippen LogP contribution < -0.4 is 0 Å². The summed E-state index contributed by atoms with van der Waals surface area (Å²) in [5.41, 5.74) is -0.653. The van der Waals surface area contributed by atoms with Crippen molar-refractivity contribution in [2.45, 2.75) is 104 Å². The van der Waals surface area contributed by atoms with E-state index in [0.29, 0.717) is 5.92 Å². The quantitative estimate of drug-likeness (QED) is 0.373. The summed E-state index contributed by atoms with van der Waals surface area (Å²) in [4.78, 5) is 0. The fourth-order valence-corrected chi connectivity index (χ4v) is 3.02. The van der Waals surface area contributed by atoms with E-state index >= 15 is 0 Å². The van der Waals surface area contributed by atoms with Crippen LogP contribution in [0.3, 0.4) is 0 Å². The molecule has 1 atom stereocenters. The average molecular weight is 255 g/mol. The van der Waals surface area contributed by atoms with Gasteiger partial charge in [0.2, 0.25) is 0 Å². The Hall–Kier alpha value is -0.0400. The van der Waals surface area contributed by atoms with Crippen LogP contribution in [0.4, 0.5) is 0 Å². The third-order valence-corrected chi connectivity index (χ3v) is 4.48. The zero-order valence-corrected chi connectivity index (χ0v) is 13.3. The molecule has 0 aliphatic rings. The monoisotopic (exact) mass is 255 g/mol. The van der Waals surface area contributed by atoms with Crippen molar-refractivity contribution in [3.05, 3.63) is 0 Å². The highest BCUT2D eigenvalue weighted by atomic mass is 16.3. The van der Waals surface area contributed by atoms with Gasteiger partial charge in [-0.05, 0) is 31.6 Å². The minimum atomic E-state index is -0.653. The van der Waals surface area contributed by atoms with E-state index in [2.05, 4.69) is 27.7 Å². The molecule has 0 heterocycles. The lowest BCUT2D eigenvalue weighted by molar-refractivity contribution is -0.0899. The van der Waals surface area contributed by atoms with E-state index in [1.165, 1.54) is 38.5 Å². The Morgan fingerprint density at radius 2 is 1.28 bits per heavy atom.